The standard InChI is InChI=1S/C20H12FNO2S/c21-19-6-14(24)5-17-16(19)7-15(11-1-3-13(23)4-2-11)20(17)18-10-25-9-12(18)8-22/h1-6,9-10,23-24H,7H2. The van der Waals surface area contributed by atoms with Crippen molar-refractivity contribution in [3.05, 3.63) is 80.8 Å². The van der Waals surface area contributed by atoms with E-state index in [4.69, 9.17) is 0 Å². The van der Waals surface area contributed by atoms with Crippen molar-refractivity contribution in [2.45, 2.75) is 6.42 Å². The molecule has 3 aromatic rings. The van der Waals surface area contributed by atoms with Crippen LogP contribution in [0, 0.1) is 17.1 Å². The number of phenols is 2. The van der Waals surface area contributed by atoms with E-state index in [2.05, 4.69) is 6.07 Å². The number of nitrogens with zero attached hydrogens (tertiary/aromatic N) is 1. The van der Waals surface area contributed by atoms with E-state index in [-0.39, 0.29) is 11.5 Å². The Morgan fingerprint density at radius 1 is 1.00 bits per heavy atom. The van der Waals surface area contributed by atoms with Crippen LogP contribution in [0.1, 0.15) is 27.8 Å². The van der Waals surface area contributed by atoms with Crippen LogP contribution in [0.2, 0.25) is 0 Å². The lowest BCUT2D eigenvalue weighted by molar-refractivity contribution is 0.468. The quantitative estimate of drug-likeness (QED) is 0.706. The van der Waals surface area contributed by atoms with Gasteiger partial charge in [0.05, 0.1) is 5.56 Å². The summed E-state index contributed by atoms with van der Waals surface area (Å²) in [7, 11) is 0. The van der Waals surface area contributed by atoms with Gasteiger partial charge in [-0.05, 0) is 45.9 Å². The first-order chi connectivity index (χ1) is 12.1. The third-order valence-electron chi connectivity index (χ3n) is 4.37. The lowest BCUT2D eigenvalue weighted by Crippen LogP contribution is -1.91. The van der Waals surface area contributed by atoms with Crippen molar-refractivity contribution >= 4 is 22.5 Å². The molecule has 0 unspecified atom stereocenters. The summed E-state index contributed by atoms with van der Waals surface area (Å²) in [4.78, 5) is 0. The van der Waals surface area contributed by atoms with Crippen LogP contribution in [0.4, 0.5) is 4.39 Å². The molecule has 1 aromatic heterocycles. The molecule has 1 aliphatic carbocycles. The van der Waals surface area contributed by atoms with Crippen molar-refractivity contribution < 1.29 is 14.6 Å². The van der Waals surface area contributed by atoms with Crippen molar-refractivity contribution in [2.75, 3.05) is 0 Å². The molecule has 0 saturated heterocycles. The Hall–Kier alpha value is -3.10. The summed E-state index contributed by atoms with van der Waals surface area (Å²) in [6.07, 6.45) is 0.363. The van der Waals surface area contributed by atoms with E-state index < -0.39 is 5.82 Å². The van der Waals surface area contributed by atoms with Gasteiger partial charge < -0.3 is 10.2 Å². The smallest absolute Gasteiger partial charge is 0.131 e. The molecule has 0 saturated carbocycles. The fraction of sp³-hybridized carbons (Fsp3) is 0.0500. The average Bonchev–Trinajstić information content (AvgIpc) is 3.19. The van der Waals surface area contributed by atoms with Crippen LogP contribution >= 0.6 is 11.3 Å². The molecular weight excluding hydrogens is 337 g/mol. The monoisotopic (exact) mass is 349 g/mol. The highest BCUT2D eigenvalue weighted by molar-refractivity contribution is 7.08. The molecule has 0 fully saturated rings. The number of aromatic hydroxyl groups is 2. The first-order valence-electron chi connectivity index (χ1n) is 7.59. The van der Waals surface area contributed by atoms with Gasteiger partial charge in [0.25, 0.3) is 0 Å². The molecule has 2 aromatic carbocycles. The number of benzene rings is 2. The number of allylic oxidation sites excluding steroid dienone is 1. The second-order valence-electron chi connectivity index (χ2n) is 5.84. The highest BCUT2D eigenvalue weighted by atomic mass is 32.1. The van der Waals surface area contributed by atoms with Gasteiger partial charge in [-0.2, -0.15) is 16.6 Å². The molecule has 0 aliphatic heterocycles. The number of nitriles is 1. The Kier molecular flexibility index (Phi) is 3.56. The summed E-state index contributed by atoms with van der Waals surface area (Å²) in [5.74, 6) is -0.456. The number of hydrogen-bond acceptors (Lipinski definition) is 4. The lowest BCUT2D eigenvalue weighted by atomic mass is 9.94. The largest absolute Gasteiger partial charge is 0.508 e. The number of thiophene rings is 1. The van der Waals surface area contributed by atoms with E-state index in [1.165, 1.54) is 11.3 Å². The molecule has 0 spiro atoms. The molecule has 5 heteroatoms. The fourth-order valence-corrected chi connectivity index (χ4v) is 4.01. The molecule has 25 heavy (non-hydrogen) atoms. The highest BCUT2D eigenvalue weighted by Crippen LogP contribution is 2.46. The number of hydrogen-bond donors (Lipinski definition) is 2. The molecule has 3 nitrogen and oxygen atoms in total. The summed E-state index contributed by atoms with van der Waals surface area (Å²) < 4.78 is 14.4. The highest BCUT2D eigenvalue weighted by Gasteiger charge is 2.28. The van der Waals surface area contributed by atoms with E-state index in [0.717, 1.165) is 28.3 Å². The van der Waals surface area contributed by atoms with Crippen LogP contribution < -0.4 is 0 Å². The number of halogens is 1. The first-order valence-corrected chi connectivity index (χ1v) is 8.53. The van der Waals surface area contributed by atoms with Gasteiger partial charge in [0.2, 0.25) is 0 Å². The van der Waals surface area contributed by atoms with E-state index >= 15 is 0 Å². The summed E-state index contributed by atoms with van der Waals surface area (Å²) in [6.45, 7) is 0. The molecule has 122 valence electrons. The molecule has 1 aliphatic rings. The van der Waals surface area contributed by atoms with Crippen molar-refractivity contribution in [1.29, 1.82) is 5.26 Å². The van der Waals surface area contributed by atoms with Gasteiger partial charge in [-0.3, -0.25) is 0 Å². The van der Waals surface area contributed by atoms with Gasteiger partial charge in [-0.1, -0.05) is 12.1 Å². The molecule has 0 atom stereocenters. The molecule has 0 bridgehead atoms. The van der Waals surface area contributed by atoms with Crippen LogP contribution in [0.5, 0.6) is 11.5 Å². The van der Waals surface area contributed by atoms with Crippen molar-refractivity contribution in [3.63, 3.8) is 0 Å². The Bertz CT molecular complexity index is 1060. The summed E-state index contributed by atoms with van der Waals surface area (Å²) in [6, 6.07) is 11.5. The minimum Gasteiger partial charge on any atom is -0.508 e. The molecule has 4 rings (SSSR count). The molecular formula is C20H12FNO2S. The Morgan fingerprint density at radius 3 is 2.48 bits per heavy atom. The third kappa shape index (κ3) is 2.48. The minimum atomic E-state index is -0.463. The van der Waals surface area contributed by atoms with Gasteiger partial charge >= 0.3 is 0 Å². The van der Waals surface area contributed by atoms with Gasteiger partial charge in [-0.25, -0.2) is 4.39 Å². The van der Waals surface area contributed by atoms with Gasteiger partial charge in [0.15, 0.2) is 0 Å². The Morgan fingerprint density at radius 2 is 1.76 bits per heavy atom. The SMILES string of the molecule is N#Cc1cscc1C1=C(c2ccc(O)cc2)Cc2c(F)cc(O)cc21. The topological polar surface area (TPSA) is 64.2 Å². The lowest BCUT2D eigenvalue weighted by Gasteiger charge is -2.09. The molecule has 0 radical (unpaired) electrons. The second kappa shape index (κ2) is 5.76. The maximum absolute atomic E-state index is 14.4. The summed E-state index contributed by atoms with van der Waals surface area (Å²) in [5, 5.41) is 32.4. The van der Waals surface area contributed by atoms with Crippen molar-refractivity contribution in [2.24, 2.45) is 0 Å². The maximum atomic E-state index is 14.4. The zero-order valence-corrected chi connectivity index (χ0v) is 13.8. The van der Waals surface area contributed by atoms with Crippen LogP contribution in [-0.4, -0.2) is 10.2 Å². The summed E-state index contributed by atoms with van der Waals surface area (Å²) >= 11 is 1.41. The van der Waals surface area contributed by atoms with Crippen LogP contribution in [0.15, 0.2) is 47.2 Å². The zero-order valence-electron chi connectivity index (χ0n) is 13.0. The van der Waals surface area contributed by atoms with Gasteiger partial charge in [-0.15, -0.1) is 0 Å². The number of rotatable bonds is 2. The normalized spacial score (nSPS) is 13.0. The van der Waals surface area contributed by atoms with Crippen LogP contribution in [0.25, 0.3) is 11.1 Å². The van der Waals surface area contributed by atoms with Crippen molar-refractivity contribution in [3.8, 4) is 17.6 Å². The fourth-order valence-electron chi connectivity index (χ4n) is 3.25. The summed E-state index contributed by atoms with van der Waals surface area (Å²) in [5.41, 5.74) is 4.84. The predicted octanol–water partition coefficient (Wildman–Crippen LogP) is 4.69. The zero-order chi connectivity index (χ0) is 17.6. The Labute approximate surface area is 147 Å². The third-order valence-corrected chi connectivity index (χ3v) is 5.12. The molecule has 2 N–H and O–H groups in total. The van der Waals surface area contributed by atoms with Crippen molar-refractivity contribution in [1.82, 2.24) is 0 Å². The maximum Gasteiger partial charge on any atom is 0.131 e. The van der Waals surface area contributed by atoms with Crippen LogP contribution in [-0.2, 0) is 6.42 Å². The first kappa shape index (κ1) is 15.4. The van der Waals surface area contributed by atoms with E-state index in [9.17, 15) is 19.9 Å². The average molecular weight is 349 g/mol. The van der Waals surface area contributed by atoms with E-state index in [1.807, 2.05) is 5.38 Å². The van der Waals surface area contributed by atoms with Crippen LogP contribution in [0.3, 0.4) is 0 Å². The Balaban J connectivity index is 2.02. The number of fused-ring (bicyclic) bond motifs is 1. The minimum absolute atomic E-state index is 0.144. The second-order valence-corrected chi connectivity index (χ2v) is 6.59. The molecule has 0 amide bonds. The van der Waals surface area contributed by atoms with Gasteiger partial charge in [0.1, 0.15) is 23.4 Å². The number of phenolic OH excluding ortho intramolecular Hbond substituents is 2. The molecule has 1 heterocycles. The van der Waals surface area contributed by atoms with Gasteiger partial charge in [0, 0.05) is 29.0 Å². The predicted molar refractivity (Wildman–Crippen MR) is 94.8 cm³/mol. The van der Waals surface area contributed by atoms with E-state index in [0.29, 0.717) is 23.1 Å². The van der Waals surface area contributed by atoms with E-state index in [1.54, 1.807) is 35.7 Å².